The Morgan fingerprint density at radius 2 is 0.754 bits per heavy atom. The van der Waals surface area contributed by atoms with Crippen LogP contribution >= 0.6 is 0 Å². The molecule has 1 heterocycles. The molecule has 0 saturated carbocycles. The lowest BCUT2D eigenvalue weighted by Crippen LogP contribution is -2.11. The quantitative estimate of drug-likeness (QED) is 0.169. The fourth-order valence-electron chi connectivity index (χ4n) is 8.42. The van der Waals surface area contributed by atoms with Gasteiger partial charge in [-0.25, -0.2) is 0 Å². The molecule has 0 spiro atoms. The number of hydrogen-bond acceptors (Lipinski definition) is 3. The maximum Gasteiger partial charge on any atom is 0.136 e. The maximum atomic E-state index is 8.68. The number of nitrogens with zero attached hydrogens (tertiary/aromatic N) is 2. The van der Waals surface area contributed by atoms with Crippen molar-refractivity contribution in [2.45, 2.75) is 13.7 Å². The van der Waals surface area contributed by atoms with Crippen molar-refractivity contribution in [2.75, 3.05) is 9.80 Å². The predicted molar refractivity (Wildman–Crippen MR) is 243 cm³/mol. The number of rotatable bonds is 6. The van der Waals surface area contributed by atoms with Gasteiger partial charge in [0.2, 0.25) is 0 Å². The molecule has 0 amide bonds. The van der Waals surface area contributed by atoms with Crippen LogP contribution in [-0.4, -0.2) is 0 Å². The Bertz CT molecular complexity index is 3330. The Hall–Kier alpha value is -7.36. The zero-order chi connectivity index (χ0) is 43.0. The molecule has 0 fully saturated rings. The van der Waals surface area contributed by atoms with Gasteiger partial charge >= 0.3 is 0 Å². The summed E-state index contributed by atoms with van der Waals surface area (Å²) in [6.07, 6.45) is 0. The van der Waals surface area contributed by atoms with E-state index in [1.165, 1.54) is 0 Å². The summed E-state index contributed by atoms with van der Waals surface area (Å²) in [5.74, 6) is 0. The zero-order valence-electron chi connectivity index (χ0n) is 36.8. The Labute approximate surface area is 339 Å². The first-order valence-corrected chi connectivity index (χ1v) is 19.1. The van der Waals surface area contributed by atoms with Gasteiger partial charge in [-0.3, -0.25) is 0 Å². The molecule has 0 bridgehead atoms. The van der Waals surface area contributed by atoms with Crippen molar-refractivity contribution in [1.82, 2.24) is 0 Å². The summed E-state index contributed by atoms with van der Waals surface area (Å²) < 4.78 is 58.7. The molecule has 1 aromatic heterocycles. The van der Waals surface area contributed by atoms with E-state index < -0.39 is 13.7 Å². The molecule has 0 aliphatic heterocycles. The predicted octanol–water partition coefficient (Wildman–Crippen LogP) is 15.8. The summed E-state index contributed by atoms with van der Waals surface area (Å²) in [6.45, 7) is -4.75. The summed E-state index contributed by atoms with van der Waals surface area (Å²) in [5.41, 5.74) is 6.57. The zero-order valence-corrected chi connectivity index (χ0v) is 30.8. The lowest BCUT2D eigenvalue weighted by molar-refractivity contribution is 0.670. The first kappa shape index (κ1) is 27.3. The highest BCUT2D eigenvalue weighted by molar-refractivity contribution is 6.14. The van der Waals surface area contributed by atoms with Gasteiger partial charge in [0, 0.05) is 53.1 Å². The Morgan fingerprint density at radius 3 is 1.21 bits per heavy atom. The second-order valence-electron chi connectivity index (χ2n) is 14.6. The summed E-state index contributed by atoms with van der Waals surface area (Å²) in [4.78, 5) is 4.05. The number of fused-ring (bicyclic) bond motifs is 7. The summed E-state index contributed by atoms with van der Waals surface area (Å²) >= 11 is 0. The van der Waals surface area contributed by atoms with Crippen molar-refractivity contribution < 1.29 is 12.6 Å². The Kier molecular flexibility index (Phi) is 6.29. The van der Waals surface area contributed by atoms with Gasteiger partial charge in [-0.1, -0.05) is 109 Å². The van der Waals surface area contributed by atoms with Gasteiger partial charge < -0.3 is 14.2 Å². The average Bonchev–Trinajstić information content (AvgIpc) is 3.62. The van der Waals surface area contributed by atoms with Crippen LogP contribution in [0.25, 0.3) is 65.0 Å². The van der Waals surface area contributed by atoms with Gasteiger partial charge in [-0.15, -0.1) is 0 Å². The number of aryl methyl sites for hydroxylation is 2. The van der Waals surface area contributed by atoms with Crippen LogP contribution in [0.1, 0.15) is 19.4 Å². The van der Waals surface area contributed by atoms with Crippen LogP contribution in [0.4, 0.5) is 34.1 Å². The Balaban J connectivity index is 1.05. The van der Waals surface area contributed by atoms with Gasteiger partial charge in [-0.2, -0.15) is 0 Å². The van der Waals surface area contributed by atoms with Crippen molar-refractivity contribution in [1.29, 1.82) is 0 Å². The summed E-state index contributed by atoms with van der Waals surface area (Å²) in [7, 11) is 0. The van der Waals surface area contributed by atoms with Gasteiger partial charge in [0.05, 0.1) is 0 Å². The van der Waals surface area contributed by atoms with Crippen molar-refractivity contribution >= 4 is 99.2 Å². The van der Waals surface area contributed by atoms with Crippen molar-refractivity contribution in [3.05, 3.63) is 205 Å². The van der Waals surface area contributed by atoms with E-state index in [4.69, 9.17) is 12.6 Å². The minimum absolute atomic E-state index is 0.300. The molecule has 0 unspecified atom stereocenters. The smallest absolute Gasteiger partial charge is 0.136 e. The molecular formula is C54H38N2O. The van der Waals surface area contributed by atoms with Crippen LogP contribution in [0.2, 0.25) is 0 Å². The fraction of sp³-hybridized carbons (Fsp3) is 0.0370. The molecule has 0 N–H and O–H groups in total. The van der Waals surface area contributed by atoms with E-state index in [1.807, 2.05) is 155 Å². The van der Waals surface area contributed by atoms with Gasteiger partial charge in [0.25, 0.3) is 0 Å². The van der Waals surface area contributed by atoms with E-state index in [1.54, 1.807) is 0 Å². The monoisotopic (exact) mass is 736 g/mol. The number of anilines is 6. The largest absolute Gasteiger partial charge is 0.456 e. The van der Waals surface area contributed by atoms with Crippen LogP contribution in [0.5, 0.6) is 0 Å². The third kappa shape index (κ3) is 5.50. The number of furan rings is 1. The van der Waals surface area contributed by atoms with Gasteiger partial charge in [0.15, 0.2) is 0 Å². The first-order chi connectivity index (χ1) is 30.5. The normalized spacial score (nSPS) is 13.7. The van der Waals surface area contributed by atoms with Gasteiger partial charge in [-0.05, 0) is 153 Å². The minimum Gasteiger partial charge on any atom is -0.456 e. The summed E-state index contributed by atoms with van der Waals surface area (Å²) in [5, 5.41) is 9.04. The van der Waals surface area contributed by atoms with Crippen LogP contribution in [0.15, 0.2) is 199 Å². The number of benzene rings is 10. The topological polar surface area (TPSA) is 19.6 Å². The second-order valence-corrected chi connectivity index (χ2v) is 14.6. The lowest BCUT2D eigenvalue weighted by Gasteiger charge is -2.28. The first-order valence-electron chi connectivity index (χ1n) is 22.1. The molecule has 57 heavy (non-hydrogen) atoms. The Morgan fingerprint density at radius 1 is 0.333 bits per heavy atom. The molecule has 0 aliphatic rings. The van der Waals surface area contributed by atoms with Crippen LogP contribution < -0.4 is 9.80 Å². The van der Waals surface area contributed by atoms with Crippen LogP contribution in [-0.2, 0) is 0 Å². The molecule has 0 atom stereocenters. The van der Waals surface area contributed by atoms with Gasteiger partial charge in [0.1, 0.15) is 11.2 Å². The van der Waals surface area contributed by atoms with Crippen molar-refractivity contribution in [2.24, 2.45) is 0 Å². The van der Waals surface area contributed by atoms with E-state index in [9.17, 15) is 0 Å². The molecule has 270 valence electrons. The molecule has 0 radical (unpaired) electrons. The standard InChI is InChI=1S/C54H38N2O/c1-35-47-19-11-9-13-37(47)23-27-51(35)55(43-15-5-3-6-16-43)45-25-21-39-31-49-50-32-40-22-26-46(30-42(40)34-54(50)57-53(49)33-41(39)29-45)56(44-17-7-4-8-18-44)52-28-24-38-14-10-12-20-48(38)36(52)2/h3-34H,1-2H3/i1D3,2D3. The third-order valence-corrected chi connectivity index (χ3v) is 11.2. The minimum atomic E-state index is -2.37. The van der Waals surface area contributed by atoms with Crippen molar-refractivity contribution in [3.63, 3.8) is 0 Å². The number of para-hydroxylation sites is 2. The highest BCUT2D eigenvalue weighted by Crippen LogP contribution is 2.43. The summed E-state index contributed by atoms with van der Waals surface area (Å²) in [6, 6.07) is 63.7. The molecule has 11 rings (SSSR count). The highest BCUT2D eigenvalue weighted by Gasteiger charge is 2.19. The van der Waals surface area contributed by atoms with Crippen LogP contribution in [0, 0.1) is 13.7 Å². The fourth-order valence-corrected chi connectivity index (χ4v) is 8.42. The third-order valence-electron chi connectivity index (χ3n) is 11.2. The van der Waals surface area contributed by atoms with E-state index >= 15 is 0 Å². The molecule has 0 saturated heterocycles. The second kappa shape index (κ2) is 13.1. The average molecular weight is 737 g/mol. The highest BCUT2D eigenvalue weighted by atomic mass is 16.3. The van der Waals surface area contributed by atoms with E-state index in [2.05, 4.69) is 48.5 Å². The van der Waals surface area contributed by atoms with E-state index in [-0.39, 0.29) is 0 Å². The molecule has 11 aromatic rings. The van der Waals surface area contributed by atoms with Crippen LogP contribution in [0.3, 0.4) is 0 Å². The maximum absolute atomic E-state index is 8.68. The van der Waals surface area contributed by atoms with E-state index in [0.29, 0.717) is 33.3 Å². The molecule has 3 heteroatoms. The molecule has 3 nitrogen and oxygen atoms in total. The molecular weight excluding hydrogens is 693 g/mol. The SMILES string of the molecule is [2H]C([2H])([2H])c1c(N(c2ccccc2)c2ccc3cc4c(cc3c2)oc2cc3cc(N(c5ccccc5)c5ccc6ccccc6c5C([2H])([2H])[2H])ccc3cc24)ccc2ccccc12. The van der Waals surface area contributed by atoms with E-state index in [0.717, 1.165) is 77.0 Å². The number of hydrogen-bond donors (Lipinski definition) is 0. The molecule has 10 aromatic carbocycles. The molecule has 0 aliphatic carbocycles. The lowest BCUT2D eigenvalue weighted by atomic mass is 10.0. The van der Waals surface area contributed by atoms with Crippen molar-refractivity contribution in [3.8, 4) is 0 Å².